The zero-order valence-electron chi connectivity index (χ0n) is 14.7. The van der Waals surface area contributed by atoms with Gasteiger partial charge in [0, 0.05) is 23.4 Å². The summed E-state index contributed by atoms with van der Waals surface area (Å²) in [6.07, 6.45) is 1.08. The van der Waals surface area contributed by atoms with E-state index >= 15 is 0 Å². The Morgan fingerprint density at radius 3 is 2.68 bits per heavy atom. The first kappa shape index (κ1) is 17.1. The third kappa shape index (κ3) is 3.02. The molecule has 0 radical (unpaired) electrons. The smallest absolute Gasteiger partial charge is 0.259 e. The van der Waals surface area contributed by atoms with Gasteiger partial charge in [-0.3, -0.25) is 19.7 Å². The van der Waals surface area contributed by atoms with Crippen molar-refractivity contribution in [2.45, 2.75) is 45.6 Å². The van der Waals surface area contributed by atoms with E-state index in [9.17, 15) is 14.4 Å². The van der Waals surface area contributed by atoms with Gasteiger partial charge in [-0.1, -0.05) is 32.0 Å². The molecule has 1 aliphatic rings. The molecular weight excluding hydrogens is 316 g/mol. The van der Waals surface area contributed by atoms with E-state index in [0.717, 1.165) is 16.5 Å². The molecule has 5 heteroatoms. The van der Waals surface area contributed by atoms with Gasteiger partial charge < -0.3 is 4.90 Å². The summed E-state index contributed by atoms with van der Waals surface area (Å²) in [5.74, 6) is 0.00687. The summed E-state index contributed by atoms with van der Waals surface area (Å²) < 4.78 is 0. The van der Waals surface area contributed by atoms with Crippen LogP contribution in [0, 0.1) is 0 Å². The molecule has 0 spiro atoms. The van der Waals surface area contributed by atoms with Crippen molar-refractivity contribution in [1.29, 1.82) is 0 Å². The summed E-state index contributed by atoms with van der Waals surface area (Å²) in [4.78, 5) is 36.6. The predicted molar refractivity (Wildman–Crippen MR) is 97.7 cm³/mol. The summed E-state index contributed by atoms with van der Waals surface area (Å²) in [6, 6.07) is 9.90. The summed E-state index contributed by atoms with van der Waals surface area (Å²) in [6.45, 7) is 6.20. The highest BCUT2D eigenvalue weighted by molar-refractivity contribution is 6.25. The lowest BCUT2D eigenvalue weighted by Gasteiger charge is -2.26. The van der Waals surface area contributed by atoms with Crippen LogP contribution in [0.1, 0.15) is 55.5 Å². The molecule has 1 atom stereocenters. The summed E-state index contributed by atoms with van der Waals surface area (Å²) in [7, 11) is 0. The van der Waals surface area contributed by atoms with Crippen molar-refractivity contribution in [3.63, 3.8) is 0 Å². The minimum absolute atomic E-state index is 0.0233. The van der Waals surface area contributed by atoms with E-state index in [-0.39, 0.29) is 24.3 Å². The third-order valence-corrected chi connectivity index (χ3v) is 4.80. The first-order valence-electron chi connectivity index (χ1n) is 8.57. The molecule has 0 aliphatic carbocycles. The predicted octanol–water partition coefficient (Wildman–Crippen LogP) is 3.36. The SMILES string of the molecule is CC(C)c1cc2c3c(cccc3c1)C(=O)N2C(C)CCC(=O)NC=O. The maximum atomic E-state index is 12.9. The first-order valence-corrected chi connectivity index (χ1v) is 8.57. The van der Waals surface area contributed by atoms with Gasteiger partial charge in [-0.05, 0) is 42.3 Å². The van der Waals surface area contributed by atoms with Crippen LogP contribution in [0.4, 0.5) is 5.69 Å². The summed E-state index contributed by atoms with van der Waals surface area (Å²) in [5, 5.41) is 4.20. The zero-order valence-corrected chi connectivity index (χ0v) is 14.7. The lowest BCUT2D eigenvalue weighted by atomic mass is 9.97. The van der Waals surface area contributed by atoms with Gasteiger partial charge >= 0.3 is 0 Å². The maximum absolute atomic E-state index is 12.9. The van der Waals surface area contributed by atoms with Crippen LogP contribution in [0.15, 0.2) is 30.3 Å². The highest BCUT2D eigenvalue weighted by Crippen LogP contribution is 2.41. The van der Waals surface area contributed by atoms with E-state index in [4.69, 9.17) is 0 Å². The highest BCUT2D eigenvalue weighted by Gasteiger charge is 2.33. The van der Waals surface area contributed by atoms with E-state index in [2.05, 4.69) is 31.3 Å². The fourth-order valence-electron chi connectivity index (χ4n) is 3.41. The minimum Gasteiger partial charge on any atom is -0.305 e. The average Bonchev–Trinajstić information content (AvgIpc) is 2.87. The number of hydrogen-bond donors (Lipinski definition) is 1. The number of nitrogens with one attached hydrogen (secondary N) is 1. The molecule has 3 amide bonds. The second-order valence-corrected chi connectivity index (χ2v) is 6.85. The molecule has 0 aromatic heterocycles. The topological polar surface area (TPSA) is 66.5 Å². The van der Waals surface area contributed by atoms with Crippen LogP contribution < -0.4 is 10.2 Å². The second-order valence-electron chi connectivity index (χ2n) is 6.85. The van der Waals surface area contributed by atoms with Crippen LogP contribution in [-0.4, -0.2) is 24.3 Å². The quantitative estimate of drug-likeness (QED) is 0.821. The molecule has 5 nitrogen and oxygen atoms in total. The molecule has 1 N–H and O–H groups in total. The number of amides is 3. The fraction of sp³-hybridized carbons (Fsp3) is 0.350. The Morgan fingerprint density at radius 1 is 1.24 bits per heavy atom. The lowest BCUT2D eigenvalue weighted by Crippen LogP contribution is -2.36. The largest absolute Gasteiger partial charge is 0.305 e. The number of anilines is 1. The Morgan fingerprint density at radius 2 is 2.00 bits per heavy atom. The molecule has 2 aromatic rings. The normalized spacial score (nSPS) is 14.2. The van der Waals surface area contributed by atoms with E-state index in [1.165, 1.54) is 5.56 Å². The zero-order chi connectivity index (χ0) is 18.1. The number of carbonyl (C=O) groups is 3. The van der Waals surface area contributed by atoms with Gasteiger partial charge in [-0.25, -0.2) is 0 Å². The van der Waals surface area contributed by atoms with E-state index in [1.54, 1.807) is 4.90 Å². The Bertz CT molecular complexity index is 857. The first-order chi connectivity index (χ1) is 11.9. The van der Waals surface area contributed by atoms with Crippen LogP contribution in [-0.2, 0) is 9.59 Å². The molecule has 1 aliphatic heterocycles. The average molecular weight is 338 g/mol. The van der Waals surface area contributed by atoms with Crippen molar-refractivity contribution in [2.24, 2.45) is 0 Å². The van der Waals surface area contributed by atoms with Gasteiger partial charge in [0.15, 0.2) is 0 Å². The van der Waals surface area contributed by atoms with Gasteiger partial charge in [0.05, 0.1) is 5.69 Å². The third-order valence-electron chi connectivity index (χ3n) is 4.80. The van der Waals surface area contributed by atoms with Gasteiger partial charge in [0.2, 0.25) is 12.3 Å². The monoisotopic (exact) mass is 338 g/mol. The Hall–Kier alpha value is -2.69. The number of hydrogen-bond acceptors (Lipinski definition) is 3. The number of imide groups is 1. The number of nitrogens with zero attached hydrogens (tertiary/aromatic N) is 1. The Kier molecular flexibility index (Phi) is 4.57. The molecule has 0 saturated heterocycles. The lowest BCUT2D eigenvalue weighted by molar-refractivity contribution is -0.125. The van der Waals surface area contributed by atoms with Crippen LogP contribution in [0.3, 0.4) is 0 Å². The van der Waals surface area contributed by atoms with Crippen LogP contribution in [0.2, 0.25) is 0 Å². The Labute approximate surface area is 147 Å². The number of rotatable bonds is 6. The number of benzene rings is 2. The van der Waals surface area contributed by atoms with Gasteiger partial charge in [0.25, 0.3) is 5.91 Å². The molecule has 1 heterocycles. The van der Waals surface area contributed by atoms with E-state index in [1.807, 2.05) is 25.1 Å². The molecule has 0 fully saturated rings. The molecule has 1 unspecified atom stereocenters. The Balaban J connectivity index is 1.97. The van der Waals surface area contributed by atoms with Crippen molar-refractivity contribution in [3.8, 4) is 0 Å². The summed E-state index contributed by atoms with van der Waals surface area (Å²) >= 11 is 0. The molecule has 130 valence electrons. The second kappa shape index (κ2) is 6.67. The van der Waals surface area contributed by atoms with Gasteiger partial charge in [-0.2, -0.15) is 0 Å². The minimum atomic E-state index is -0.327. The van der Waals surface area contributed by atoms with Crippen LogP contribution in [0.25, 0.3) is 10.8 Å². The van der Waals surface area contributed by atoms with E-state index in [0.29, 0.717) is 24.3 Å². The van der Waals surface area contributed by atoms with E-state index < -0.39 is 0 Å². The maximum Gasteiger partial charge on any atom is 0.259 e. The fourth-order valence-corrected chi connectivity index (χ4v) is 3.41. The standard InChI is InChI=1S/C20H22N2O3/c1-12(2)15-9-14-5-4-6-16-19(14)17(10-15)22(20(16)25)13(3)7-8-18(24)21-11-23/h4-6,9-13H,7-8H2,1-3H3,(H,21,23,24). The van der Waals surface area contributed by atoms with Crippen LogP contribution in [0.5, 0.6) is 0 Å². The van der Waals surface area contributed by atoms with Crippen molar-refractivity contribution in [2.75, 3.05) is 4.90 Å². The van der Waals surface area contributed by atoms with Crippen molar-refractivity contribution in [3.05, 3.63) is 41.5 Å². The molecule has 0 bridgehead atoms. The molecule has 2 aromatic carbocycles. The van der Waals surface area contributed by atoms with Gasteiger partial charge in [0.1, 0.15) is 0 Å². The molecule has 0 saturated carbocycles. The molecule has 25 heavy (non-hydrogen) atoms. The molecular formula is C20H22N2O3. The highest BCUT2D eigenvalue weighted by atomic mass is 16.2. The molecule has 3 rings (SSSR count). The summed E-state index contributed by atoms with van der Waals surface area (Å²) in [5.41, 5.74) is 2.82. The van der Waals surface area contributed by atoms with Crippen molar-refractivity contribution in [1.82, 2.24) is 5.32 Å². The van der Waals surface area contributed by atoms with Gasteiger partial charge in [-0.15, -0.1) is 0 Å². The van der Waals surface area contributed by atoms with Crippen LogP contribution >= 0.6 is 0 Å². The van der Waals surface area contributed by atoms with Crippen molar-refractivity contribution < 1.29 is 14.4 Å². The number of carbonyl (C=O) groups excluding carboxylic acids is 3. The van der Waals surface area contributed by atoms with Crippen molar-refractivity contribution >= 4 is 34.7 Å².